The Morgan fingerprint density at radius 1 is 1.11 bits per heavy atom. The molecule has 0 aromatic heterocycles. The lowest BCUT2D eigenvalue weighted by Gasteiger charge is -2.24. The van der Waals surface area contributed by atoms with E-state index < -0.39 is 0 Å². The summed E-state index contributed by atoms with van der Waals surface area (Å²) >= 11 is 0. The standard InChI is InChI=1S/C15H26N2O/c1-5-18-15-7-6-14(10(2)11(15)3)12(4)13(8-16)9-17/h6-7,12-13H,5,8-9,16-17H2,1-4H3. The van der Waals surface area contributed by atoms with Crippen LogP contribution in [0.3, 0.4) is 0 Å². The Labute approximate surface area is 111 Å². The second-order valence-corrected chi connectivity index (χ2v) is 4.86. The van der Waals surface area contributed by atoms with Crippen molar-refractivity contribution in [3.05, 3.63) is 28.8 Å². The Balaban J connectivity index is 3.07. The smallest absolute Gasteiger partial charge is 0.122 e. The lowest BCUT2D eigenvalue weighted by molar-refractivity contribution is 0.337. The van der Waals surface area contributed by atoms with Crippen LogP contribution in [-0.2, 0) is 0 Å². The van der Waals surface area contributed by atoms with E-state index in [0.717, 1.165) is 5.75 Å². The Morgan fingerprint density at radius 2 is 1.72 bits per heavy atom. The molecule has 0 radical (unpaired) electrons. The van der Waals surface area contributed by atoms with Crippen molar-refractivity contribution in [3.8, 4) is 5.75 Å². The summed E-state index contributed by atoms with van der Waals surface area (Å²) in [6.07, 6.45) is 0. The number of nitrogens with two attached hydrogens (primary N) is 2. The molecular formula is C15H26N2O. The van der Waals surface area contributed by atoms with Crippen LogP contribution in [-0.4, -0.2) is 19.7 Å². The highest BCUT2D eigenvalue weighted by atomic mass is 16.5. The minimum Gasteiger partial charge on any atom is -0.494 e. The lowest BCUT2D eigenvalue weighted by atomic mass is 9.84. The van der Waals surface area contributed by atoms with Gasteiger partial charge in [0.25, 0.3) is 0 Å². The Kier molecular flexibility index (Phi) is 5.63. The van der Waals surface area contributed by atoms with Crippen LogP contribution < -0.4 is 16.2 Å². The minimum absolute atomic E-state index is 0.334. The molecule has 0 aliphatic heterocycles. The molecule has 0 aliphatic carbocycles. The van der Waals surface area contributed by atoms with Crippen LogP contribution in [0.15, 0.2) is 12.1 Å². The second kappa shape index (κ2) is 6.76. The average Bonchev–Trinajstić information content (AvgIpc) is 2.36. The minimum atomic E-state index is 0.334. The van der Waals surface area contributed by atoms with Gasteiger partial charge in [-0.15, -0.1) is 0 Å². The van der Waals surface area contributed by atoms with Gasteiger partial charge >= 0.3 is 0 Å². The van der Waals surface area contributed by atoms with E-state index >= 15 is 0 Å². The molecule has 102 valence electrons. The number of benzene rings is 1. The molecule has 1 rings (SSSR count). The largest absolute Gasteiger partial charge is 0.494 e. The number of ether oxygens (including phenoxy) is 1. The average molecular weight is 250 g/mol. The quantitative estimate of drug-likeness (QED) is 0.814. The molecule has 1 aromatic rings. The van der Waals surface area contributed by atoms with Gasteiger partial charge in [0.15, 0.2) is 0 Å². The summed E-state index contributed by atoms with van der Waals surface area (Å²) in [6, 6.07) is 4.21. The monoisotopic (exact) mass is 250 g/mol. The zero-order chi connectivity index (χ0) is 13.7. The fourth-order valence-electron chi connectivity index (χ4n) is 2.38. The third-order valence-electron chi connectivity index (χ3n) is 3.88. The maximum atomic E-state index is 5.78. The molecule has 0 aliphatic rings. The van der Waals surface area contributed by atoms with Crippen molar-refractivity contribution in [2.75, 3.05) is 19.7 Å². The maximum absolute atomic E-state index is 5.78. The first-order chi connectivity index (χ1) is 8.56. The van der Waals surface area contributed by atoms with Crippen molar-refractivity contribution in [1.29, 1.82) is 0 Å². The number of hydrogen-bond acceptors (Lipinski definition) is 3. The van der Waals surface area contributed by atoms with E-state index in [0.29, 0.717) is 31.5 Å². The molecule has 0 saturated heterocycles. The fourth-order valence-corrected chi connectivity index (χ4v) is 2.38. The first-order valence-corrected chi connectivity index (χ1v) is 6.69. The summed E-state index contributed by atoms with van der Waals surface area (Å²) in [5.41, 5.74) is 15.4. The Hall–Kier alpha value is -1.06. The van der Waals surface area contributed by atoms with Gasteiger partial charge in [-0.25, -0.2) is 0 Å². The summed E-state index contributed by atoms with van der Waals surface area (Å²) in [5.74, 6) is 1.69. The van der Waals surface area contributed by atoms with Crippen LogP contribution >= 0.6 is 0 Å². The van der Waals surface area contributed by atoms with Gasteiger partial charge in [-0.1, -0.05) is 13.0 Å². The molecule has 4 N–H and O–H groups in total. The molecular weight excluding hydrogens is 224 g/mol. The summed E-state index contributed by atoms with van der Waals surface area (Å²) < 4.78 is 5.62. The molecule has 18 heavy (non-hydrogen) atoms. The van der Waals surface area contributed by atoms with E-state index in [1.54, 1.807) is 0 Å². The van der Waals surface area contributed by atoms with Gasteiger partial charge in [0.1, 0.15) is 5.75 Å². The molecule has 1 atom stereocenters. The van der Waals surface area contributed by atoms with E-state index in [1.165, 1.54) is 16.7 Å². The third-order valence-corrected chi connectivity index (χ3v) is 3.88. The summed E-state index contributed by atoms with van der Waals surface area (Å²) in [7, 11) is 0. The molecule has 0 fully saturated rings. The third kappa shape index (κ3) is 3.03. The molecule has 0 heterocycles. The van der Waals surface area contributed by atoms with Crippen LogP contribution in [0.25, 0.3) is 0 Å². The predicted octanol–water partition coefficient (Wildman–Crippen LogP) is 2.34. The second-order valence-electron chi connectivity index (χ2n) is 4.86. The molecule has 3 heteroatoms. The van der Waals surface area contributed by atoms with Gasteiger partial charge in [-0.05, 0) is 68.5 Å². The fraction of sp³-hybridized carbons (Fsp3) is 0.600. The van der Waals surface area contributed by atoms with Crippen LogP contribution in [0.1, 0.15) is 36.5 Å². The Morgan fingerprint density at radius 3 is 2.22 bits per heavy atom. The zero-order valence-corrected chi connectivity index (χ0v) is 12.0. The van der Waals surface area contributed by atoms with Gasteiger partial charge in [0, 0.05) is 0 Å². The molecule has 0 bridgehead atoms. The lowest BCUT2D eigenvalue weighted by Crippen LogP contribution is -2.28. The SMILES string of the molecule is CCOc1ccc(C(C)C(CN)CN)c(C)c1C. The molecule has 1 unspecified atom stereocenters. The van der Waals surface area contributed by atoms with E-state index in [1.807, 2.05) is 6.92 Å². The van der Waals surface area contributed by atoms with Crippen molar-refractivity contribution < 1.29 is 4.74 Å². The van der Waals surface area contributed by atoms with Crippen molar-refractivity contribution >= 4 is 0 Å². The predicted molar refractivity (Wildman–Crippen MR) is 77.1 cm³/mol. The van der Waals surface area contributed by atoms with Crippen LogP contribution in [0.2, 0.25) is 0 Å². The maximum Gasteiger partial charge on any atom is 0.122 e. The van der Waals surface area contributed by atoms with E-state index in [9.17, 15) is 0 Å². The van der Waals surface area contributed by atoms with Gasteiger partial charge in [0.05, 0.1) is 6.61 Å². The molecule has 1 aromatic carbocycles. The first kappa shape index (κ1) is 15.0. The molecule has 0 saturated carbocycles. The van der Waals surface area contributed by atoms with Gasteiger partial charge < -0.3 is 16.2 Å². The first-order valence-electron chi connectivity index (χ1n) is 6.69. The Bertz CT molecular complexity index is 386. The number of rotatable bonds is 6. The van der Waals surface area contributed by atoms with Crippen LogP contribution in [0, 0.1) is 19.8 Å². The van der Waals surface area contributed by atoms with Crippen molar-refractivity contribution in [2.24, 2.45) is 17.4 Å². The van der Waals surface area contributed by atoms with E-state index in [2.05, 4.69) is 32.9 Å². The summed E-state index contributed by atoms with van der Waals surface area (Å²) in [6.45, 7) is 10.4. The van der Waals surface area contributed by atoms with E-state index in [4.69, 9.17) is 16.2 Å². The van der Waals surface area contributed by atoms with Crippen molar-refractivity contribution in [2.45, 2.75) is 33.6 Å². The molecule has 3 nitrogen and oxygen atoms in total. The van der Waals surface area contributed by atoms with Crippen molar-refractivity contribution in [3.63, 3.8) is 0 Å². The highest BCUT2D eigenvalue weighted by Crippen LogP contribution is 2.32. The molecule has 0 spiro atoms. The number of hydrogen-bond donors (Lipinski definition) is 2. The highest BCUT2D eigenvalue weighted by molar-refractivity contribution is 5.45. The van der Waals surface area contributed by atoms with Gasteiger partial charge in [-0.3, -0.25) is 0 Å². The topological polar surface area (TPSA) is 61.3 Å². The molecule has 0 amide bonds. The highest BCUT2D eigenvalue weighted by Gasteiger charge is 2.19. The van der Waals surface area contributed by atoms with E-state index in [-0.39, 0.29) is 0 Å². The summed E-state index contributed by atoms with van der Waals surface area (Å²) in [5, 5.41) is 0. The van der Waals surface area contributed by atoms with Crippen LogP contribution in [0.5, 0.6) is 5.75 Å². The van der Waals surface area contributed by atoms with Gasteiger partial charge in [0.2, 0.25) is 0 Å². The zero-order valence-electron chi connectivity index (χ0n) is 12.0. The van der Waals surface area contributed by atoms with Crippen molar-refractivity contribution in [1.82, 2.24) is 0 Å². The normalized spacial score (nSPS) is 12.8. The summed E-state index contributed by atoms with van der Waals surface area (Å²) in [4.78, 5) is 0. The van der Waals surface area contributed by atoms with Crippen LogP contribution in [0.4, 0.5) is 0 Å². The van der Waals surface area contributed by atoms with Gasteiger partial charge in [-0.2, -0.15) is 0 Å².